The Hall–Kier alpha value is -5.09. The van der Waals surface area contributed by atoms with E-state index < -0.39 is 24.2 Å². The number of rotatable bonds is 7. The van der Waals surface area contributed by atoms with Crippen molar-refractivity contribution in [2.75, 3.05) is 27.4 Å². The van der Waals surface area contributed by atoms with Gasteiger partial charge < -0.3 is 24.6 Å². The number of hydrogen-bond donors (Lipinski definition) is 2. The van der Waals surface area contributed by atoms with Gasteiger partial charge >= 0.3 is 0 Å². The summed E-state index contributed by atoms with van der Waals surface area (Å²) in [6, 6.07) is 0. The molecule has 0 aromatic carbocycles. The predicted molar refractivity (Wildman–Crippen MR) is 143 cm³/mol. The number of nitrogens with one attached hydrogen (secondary N) is 1. The highest BCUT2D eigenvalue weighted by molar-refractivity contribution is 5.94. The molecular weight excluding hydrogens is 478 g/mol. The van der Waals surface area contributed by atoms with Crippen molar-refractivity contribution >= 4 is 5.91 Å². The third-order valence-electron chi connectivity index (χ3n) is 4.35. The van der Waals surface area contributed by atoms with Crippen LogP contribution in [0.4, 0.5) is 0 Å². The Morgan fingerprint density at radius 3 is 1.68 bits per heavy atom. The lowest BCUT2D eigenvalue weighted by Crippen LogP contribution is -2.36. The summed E-state index contributed by atoms with van der Waals surface area (Å²) >= 11 is 0. The highest BCUT2D eigenvalue weighted by atomic mass is 16.6. The van der Waals surface area contributed by atoms with Crippen molar-refractivity contribution in [3.05, 3.63) is 0 Å². The molecule has 2 N–H and O–H groups in total. The van der Waals surface area contributed by atoms with E-state index in [9.17, 15) is 9.90 Å². The number of hydrogen-bond acceptors (Lipinski definition) is 5. The van der Waals surface area contributed by atoms with E-state index in [4.69, 9.17) is 14.2 Å². The van der Waals surface area contributed by atoms with Gasteiger partial charge in [0.2, 0.25) is 0 Å². The summed E-state index contributed by atoms with van der Waals surface area (Å²) in [7, 11) is 3.07. The summed E-state index contributed by atoms with van der Waals surface area (Å²) in [5.41, 5.74) is 0. The quantitative estimate of drug-likeness (QED) is 0.371. The lowest BCUT2D eigenvalue weighted by molar-refractivity contribution is -0.115. The number of ether oxygens (including phenoxy) is 3. The molecule has 0 radical (unpaired) electrons. The van der Waals surface area contributed by atoms with E-state index >= 15 is 0 Å². The first-order chi connectivity index (χ1) is 18.6. The van der Waals surface area contributed by atoms with Gasteiger partial charge in [-0.25, -0.2) is 0 Å². The first kappa shape index (κ1) is 30.9. The van der Waals surface area contributed by atoms with Crippen molar-refractivity contribution in [3.8, 4) is 118 Å². The molecule has 0 unspecified atom stereocenters. The van der Waals surface area contributed by atoms with Gasteiger partial charge in [0.1, 0.15) is 18.3 Å². The van der Waals surface area contributed by atoms with Crippen LogP contribution in [0.2, 0.25) is 0 Å². The molecule has 0 spiro atoms. The molecule has 1 fully saturated rings. The van der Waals surface area contributed by atoms with Crippen molar-refractivity contribution in [2.45, 2.75) is 44.2 Å². The Morgan fingerprint density at radius 1 is 0.763 bits per heavy atom. The molecule has 1 aliphatic heterocycles. The molecular formula is C32H23NO5. The zero-order chi connectivity index (χ0) is 27.7. The average molecular weight is 502 g/mol. The van der Waals surface area contributed by atoms with Crippen molar-refractivity contribution in [1.82, 2.24) is 5.32 Å². The van der Waals surface area contributed by atoms with E-state index in [-0.39, 0.29) is 12.7 Å². The van der Waals surface area contributed by atoms with Crippen LogP contribution in [0.15, 0.2) is 0 Å². The highest BCUT2D eigenvalue weighted by Crippen LogP contribution is 2.26. The van der Waals surface area contributed by atoms with Crippen LogP contribution >= 0.6 is 0 Å². The van der Waals surface area contributed by atoms with Gasteiger partial charge in [0.25, 0.3) is 5.91 Å². The zero-order valence-electron chi connectivity index (χ0n) is 21.2. The van der Waals surface area contributed by atoms with Gasteiger partial charge in [0, 0.05) is 38.5 Å². The molecule has 4 atom stereocenters. The summed E-state index contributed by atoms with van der Waals surface area (Å²) in [5.74, 6) is 49.4. The normalized spacial score (nSPS) is 17.1. The number of aliphatic hydroxyl groups is 1. The van der Waals surface area contributed by atoms with Gasteiger partial charge in [-0.2, -0.15) is 0 Å². The number of carbonyl (C=O) groups excluding carboxylic acids is 1. The maximum absolute atomic E-state index is 11.8. The molecule has 0 bridgehead atoms. The van der Waals surface area contributed by atoms with Crippen molar-refractivity contribution in [1.29, 1.82) is 0 Å². The Labute approximate surface area is 225 Å². The fourth-order valence-corrected chi connectivity index (χ4v) is 2.84. The van der Waals surface area contributed by atoms with Crippen LogP contribution in [0.25, 0.3) is 0 Å². The minimum absolute atomic E-state index is 0.276. The Kier molecular flexibility index (Phi) is 17.3. The largest absolute Gasteiger partial charge is 0.387 e. The summed E-state index contributed by atoms with van der Waals surface area (Å²) in [4.78, 5) is 11.8. The van der Waals surface area contributed by atoms with Crippen molar-refractivity contribution in [2.24, 2.45) is 0 Å². The number of methoxy groups -OCH3 is 2. The molecule has 1 saturated heterocycles. The van der Waals surface area contributed by atoms with Gasteiger partial charge in [-0.05, 0) is 114 Å². The van der Waals surface area contributed by atoms with E-state index in [0.717, 1.165) is 0 Å². The average Bonchev–Trinajstić information content (AvgIpc) is 3.21. The lowest BCUT2D eigenvalue weighted by atomic mass is 10.0. The third kappa shape index (κ3) is 14.3. The number of carbonyl (C=O) groups is 1. The van der Waals surface area contributed by atoms with Crippen LogP contribution in [0.3, 0.4) is 0 Å². The van der Waals surface area contributed by atoms with Gasteiger partial charge in [-0.3, -0.25) is 4.79 Å². The van der Waals surface area contributed by atoms with Crippen LogP contribution in [-0.4, -0.2) is 62.8 Å². The second kappa shape index (κ2) is 21.2. The first-order valence-corrected chi connectivity index (χ1v) is 11.2. The van der Waals surface area contributed by atoms with Gasteiger partial charge in [-0.1, -0.05) is 5.92 Å². The van der Waals surface area contributed by atoms with E-state index in [1.165, 1.54) is 7.11 Å². The minimum atomic E-state index is -0.755. The Morgan fingerprint density at radius 2 is 1.24 bits per heavy atom. The molecule has 1 rings (SSSR count). The fraction of sp³-hybridized carbons (Fsp3) is 0.344. The highest BCUT2D eigenvalue weighted by Gasteiger charge is 2.43. The molecule has 1 heterocycles. The molecule has 6 heteroatoms. The SMILES string of the molecule is CC#CC#CC#CC#CC#CC#CC#CC#CC#CC#CC(=O)NCCC[C@@H]1O[C@H](COC)[C@@H](O)[C@H]1OC. The topological polar surface area (TPSA) is 77.0 Å². The summed E-state index contributed by atoms with van der Waals surface area (Å²) in [5, 5.41) is 12.9. The summed E-state index contributed by atoms with van der Waals surface area (Å²) in [6.45, 7) is 2.37. The second-order valence-electron chi connectivity index (χ2n) is 6.88. The molecule has 0 saturated carbocycles. The molecule has 0 aromatic heterocycles. The number of aliphatic hydroxyl groups excluding tert-OH is 1. The van der Waals surface area contributed by atoms with Crippen LogP contribution in [0, 0.1) is 118 Å². The molecule has 0 aromatic rings. The minimum Gasteiger partial charge on any atom is -0.387 e. The predicted octanol–water partition coefficient (Wildman–Crippen LogP) is -0.274. The van der Waals surface area contributed by atoms with Crippen LogP contribution in [0.1, 0.15) is 19.8 Å². The fourth-order valence-electron chi connectivity index (χ4n) is 2.84. The molecule has 1 aliphatic rings. The Bertz CT molecular complexity index is 1470. The van der Waals surface area contributed by atoms with E-state index in [2.05, 4.69) is 124 Å². The van der Waals surface area contributed by atoms with E-state index in [1.54, 1.807) is 14.0 Å². The maximum atomic E-state index is 11.8. The van der Waals surface area contributed by atoms with E-state index in [1.807, 2.05) is 0 Å². The Balaban J connectivity index is 2.33. The number of amides is 1. The van der Waals surface area contributed by atoms with Gasteiger partial charge in [0.05, 0.1) is 12.7 Å². The lowest BCUT2D eigenvalue weighted by Gasteiger charge is -2.18. The summed E-state index contributed by atoms with van der Waals surface area (Å²) < 4.78 is 16.2. The zero-order valence-corrected chi connectivity index (χ0v) is 21.2. The van der Waals surface area contributed by atoms with Gasteiger partial charge in [0.15, 0.2) is 0 Å². The smallest absolute Gasteiger partial charge is 0.296 e. The standard InChI is InChI=1S/C32H23NO5/c1-4-5-6-7-8-9-10-11-12-13-14-15-16-17-18-19-20-21-22-25-30(34)33-26-23-24-28-32(37-3)31(35)29(38-28)27-36-2/h28-29,31-32,35H,23-24,26-27H2,1-3H3,(H,33,34)/t28-,29+,31+,32-/m0/s1. The second-order valence-corrected chi connectivity index (χ2v) is 6.88. The molecule has 6 nitrogen and oxygen atoms in total. The maximum Gasteiger partial charge on any atom is 0.296 e. The van der Waals surface area contributed by atoms with Crippen LogP contribution < -0.4 is 5.32 Å². The molecule has 186 valence electrons. The third-order valence-corrected chi connectivity index (χ3v) is 4.35. The van der Waals surface area contributed by atoms with E-state index in [0.29, 0.717) is 19.4 Å². The van der Waals surface area contributed by atoms with Gasteiger partial charge in [-0.15, -0.1) is 0 Å². The van der Waals surface area contributed by atoms with Crippen molar-refractivity contribution < 1.29 is 24.1 Å². The van der Waals surface area contributed by atoms with Crippen molar-refractivity contribution in [3.63, 3.8) is 0 Å². The van der Waals surface area contributed by atoms with Crippen LogP contribution in [0.5, 0.6) is 0 Å². The molecule has 0 aliphatic carbocycles. The monoisotopic (exact) mass is 501 g/mol. The van der Waals surface area contributed by atoms with Crippen LogP contribution in [-0.2, 0) is 19.0 Å². The molecule has 38 heavy (non-hydrogen) atoms. The first-order valence-electron chi connectivity index (χ1n) is 11.2. The summed E-state index contributed by atoms with van der Waals surface area (Å²) in [6.07, 6.45) is -0.666. The molecule has 1 amide bonds.